The molecule has 0 aliphatic heterocycles. The van der Waals surface area contributed by atoms with E-state index in [1.807, 2.05) is 0 Å². The van der Waals surface area contributed by atoms with E-state index in [1.165, 1.54) is 24.5 Å². The van der Waals surface area contributed by atoms with Gasteiger partial charge in [-0.25, -0.2) is 22.0 Å². The minimum Gasteiger partial charge on any atom is -0.489 e. The first-order valence-corrected chi connectivity index (χ1v) is 9.52. The Balaban J connectivity index is 1.65. The lowest BCUT2D eigenvalue weighted by molar-refractivity contribution is 0.279. The second kappa shape index (κ2) is 8.14. The van der Waals surface area contributed by atoms with Crippen molar-refractivity contribution in [1.82, 2.24) is 0 Å². The van der Waals surface area contributed by atoms with Crippen molar-refractivity contribution in [2.75, 3.05) is 0 Å². The van der Waals surface area contributed by atoms with Crippen LogP contribution in [0.2, 0.25) is 0 Å². The van der Waals surface area contributed by atoms with Crippen LogP contribution in [0.25, 0.3) is 22.1 Å². The van der Waals surface area contributed by atoms with E-state index in [1.54, 1.807) is 24.3 Å². The van der Waals surface area contributed by atoms with Crippen molar-refractivity contribution in [3.8, 4) is 16.9 Å². The molecular formula is C22H10BrF5O3. The highest BCUT2D eigenvalue weighted by Crippen LogP contribution is 2.27. The molecule has 0 radical (unpaired) electrons. The summed E-state index contributed by atoms with van der Waals surface area (Å²) < 4.78 is 78.8. The Morgan fingerprint density at radius 3 is 2.10 bits per heavy atom. The van der Waals surface area contributed by atoms with Gasteiger partial charge in [-0.3, -0.25) is 4.79 Å². The number of benzene rings is 3. The van der Waals surface area contributed by atoms with Gasteiger partial charge in [0.1, 0.15) is 24.2 Å². The molecule has 0 amide bonds. The third kappa shape index (κ3) is 3.81. The molecule has 31 heavy (non-hydrogen) atoms. The second-order valence-corrected chi connectivity index (χ2v) is 7.40. The lowest BCUT2D eigenvalue weighted by Crippen LogP contribution is -2.10. The van der Waals surface area contributed by atoms with E-state index in [9.17, 15) is 26.7 Å². The first kappa shape index (κ1) is 21.0. The van der Waals surface area contributed by atoms with Crippen LogP contribution in [0, 0.1) is 29.1 Å². The van der Waals surface area contributed by atoms with Gasteiger partial charge in [-0.05, 0) is 29.8 Å². The van der Waals surface area contributed by atoms with Gasteiger partial charge in [0.2, 0.25) is 5.82 Å². The minimum atomic E-state index is -2.24. The van der Waals surface area contributed by atoms with E-state index in [0.717, 1.165) is 4.47 Å². The first-order chi connectivity index (χ1) is 14.8. The molecule has 0 bridgehead atoms. The lowest BCUT2D eigenvalue weighted by atomic mass is 10.1. The number of fused-ring (bicyclic) bond motifs is 1. The van der Waals surface area contributed by atoms with Gasteiger partial charge in [-0.1, -0.05) is 28.1 Å². The van der Waals surface area contributed by atoms with Gasteiger partial charge in [-0.15, -0.1) is 0 Å². The summed E-state index contributed by atoms with van der Waals surface area (Å²) in [6.07, 6.45) is 1.27. The summed E-state index contributed by atoms with van der Waals surface area (Å²) in [4.78, 5) is 12.8. The maximum atomic E-state index is 13.8. The number of halogens is 6. The van der Waals surface area contributed by atoms with Crippen LogP contribution in [-0.4, -0.2) is 0 Å². The van der Waals surface area contributed by atoms with E-state index < -0.39 is 41.3 Å². The molecule has 3 nitrogen and oxygen atoms in total. The molecule has 0 atom stereocenters. The Morgan fingerprint density at radius 2 is 1.45 bits per heavy atom. The molecule has 9 heteroatoms. The van der Waals surface area contributed by atoms with Crippen LogP contribution >= 0.6 is 15.9 Å². The smallest absolute Gasteiger partial charge is 0.200 e. The van der Waals surface area contributed by atoms with Gasteiger partial charge in [0, 0.05) is 10.5 Å². The third-order valence-electron chi connectivity index (χ3n) is 4.59. The normalized spacial score (nSPS) is 11.2. The summed E-state index contributed by atoms with van der Waals surface area (Å²) in [6.45, 7) is -0.918. The standard InChI is InChI=1S/C22H10BrF5O3/c23-11-3-1-10(2-4-11)14-8-31-16-7-12(5-6-13(16)22(14)29)30-9-15-17(24)19(26)21(28)20(27)18(15)25/h1-8H,9H2. The quantitative estimate of drug-likeness (QED) is 0.184. The van der Waals surface area contributed by atoms with Crippen LogP contribution in [0.1, 0.15) is 5.56 Å². The molecule has 4 rings (SSSR count). The van der Waals surface area contributed by atoms with Crippen LogP contribution < -0.4 is 10.2 Å². The molecule has 0 aliphatic carbocycles. The molecule has 0 aliphatic rings. The summed E-state index contributed by atoms with van der Waals surface area (Å²) in [5.74, 6) is -10.3. The molecule has 0 spiro atoms. The van der Waals surface area contributed by atoms with Crippen LogP contribution in [0.3, 0.4) is 0 Å². The van der Waals surface area contributed by atoms with E-state index in [-0.39, 0.29) is 22.1 Å². The molecule has 158 valence electrons. The highest BCUT2D eigenvalue weighted by molar-refractivity contribution is 9.10. The van der Waals surface area contributed by atoms with E-state index in [2.05, 4.69) is 15.9 Å². The van der Waals surface area contributed by atoms with E-state index >= 15 is 0 Å². The summed E-state index contributed by atoms with van der Waals surface area (Å²) in [7, 11) is 0. The predicted octanol–water partition coefficient (Wildman–Crippen LogP) is 6.50. The van der Waals surface area contributed by atoms with Gasteiger partial charge >= 0.3 is 0 Å². The molecule has 0 saturated carbocycles. The van der Waals surface area contributed by atoms with Crippen molar-refractivity contribution < 1.29 is 31.1 Å². The average Bonchev–Trinajstić information content (AvgIpc) is 2.77. The Labute approximate surface area is 179 Å². The zero-order chi connectivity index (χ0) is 22.3. The molecule has 4 aromatic rings. The molecule has 0 fully saturated rings. The monoisotopic (exact) mass is 496 g/mol. The molecule has 1 aromatic heterocycles. The van der Waals surface area contributed by atoms with E-state index in [4.69, 9.17) is 9.15 Å². The van der Waals surface area contributed by atoms with Crippen LogP contribution in [0.5, 0.6) is 5.75 Å². The van der Waals surface area contributed by atoms with Crippen molar-refractivity contribution in [3.63, 3.8) is 0 Å². The van der Waals surface area contributed by atoms with Gasteiger partial charge in [0.25, 0.3) is 0 Å². The van der Waals surface area contributed by atoms with Gasteiger partial charge in [0.05, 0.1) is 16.5 Å². The third-order valence-corrected chi connectivity index (χ3v) is 5.11. The zero-order valence-corrected chi connectivity index (χ0v) is 16.9. The van der Waals surface area contributed by atoms with Crippen molar-refractivity contribution in [2.45, 2.75) is 6.61 Å². The fourth-order valence-electron chi connectivity index (χ4n) is 2.96. The fraction of sp³-hybridized carbons (Fsp3) is 0.0455. The second-order valence-electron chi connectivity index (χ2n) is 6.48. The average molecular weight is 497 g/mol. The highest BCUT2D eigenvalue weighted by atomic mass is 79.9. The zero-order valence-electron chi connectivity index (χ0n) is 15.3. The Bertz CT molecular complexity index is 1340. The van der Waals surface area contributed by atoms with Crippen LogP contribution in [0.4, 0.5) is 22.0 Å². The Hall–Kier alpha value is -3.20. The molecule has 3 aromatic carbocycles. The maximum absolute atomic E-state index is 13.8. The summed E-state index contributed by atoms with van der Waals surface area (Å²) >= 11 is 3.31. The topological polar surface area (TPSA) is 39.4 Å². The summed E-state index contributed by atoms with van der Waals surface area (Å²) in [5.41, 5.74) is -0.320. The molecule has 0 unspecified atom stereocenters. The van der Waals surface area contributed by atoms with Gasteiger partial charge in [-0.2, -0.15) is 0 Å². The largest absolute Gasteiger partial charge is 0.489 e. The Morgan fingerprint density at radius 1 is 0.839 bits per heavy atom. The van der Waals surface area contributed by atoms with Crippen molar-refractivity contribution in [2.24, 2.45) is 0 Å². The molecule has 1 heterocycles. The van der Waals surface area contributed by atoms with Crippen LogP contribution in [0.15, 0.2) is 62.4 Å². The van der Waals surface area contributed by atoms with Crippen molar-refractivity contribution >= 4 is 26.9 Å². The maximum Gasteiger partial charge on any atom is 0.200 e. The first-order valence-electron chi connectivity index (χ1n) is 8.72. The number of hydrogen-bond donors (Lipinski definition) is 0. The van der Waals surface area contributed by atoms with Crippen molar-refractivity contribution in [3.05, 3.63) is 98.1 Å². The predicted molar refractivity (Wildman–Crippen MR) is 106 cm³/mol. The van der Waals surface area contributed by atoms with E-state index in [0.29, 0.717) is 11.1 Å². The van der Waals surface area contributed by atoms with Gasteiger partial charge < -0.3 is 9.15 Å². The van der Waals surface area contributed by atoms with Crippen molar-refractivity contribution in [1.29, 1.82) is 0 Å². The Kier molecular flexibility index (Phi) is 5.53. The SMILES string of the molecule is O=c1c(-c2ccc(Br)cc2)coc2cc(OCc3c(F)c(F)c(F)c(F)c3F)ccc12. The molecule has 0 N–H and O–H groups in total. The lowest BCUT2D eigenvalue weighted by Gasteiger charge is -2.10. The summed E-state index contributed by atoms with van der Waals surface area (Å²) in [6, 6.07) is 11.0. The number of hydrogen-bond acceptors (Lipinski definition) is 3. The van der Waals surface area contributed by atoms with Gasteiger partial charge in [0.15, 0.2) is 28.7 Å². The highest BCUT2D eigenvalue weighted by Gasteiger charge is 2.26. The molecule has 0 saturated heterocycles. The molecular weight excluding hydrogens is 487 g/mol. The summed E-state index contributed by atoms with van der Waals surface area (Å²) in [5, 5.41) is 0.226. The minimum absolute atomic E-state index is 0.0102. The number of ether oxygens (including phenoxy) is 1. The number of rotatable bonds is 4. The fourth-order valence-corrected chi connectivity index (χ4v) is 3.22. The van der Waals surface area contributed by atoms with Crippen LogP contribution in [-0.2, 0) is 6.61 Å².